The average Bonchev–Trinajstić information content (AvgIpc) is 2.99. The number of hydrogen-bond acceptors (Lipinski definition) is 3. The first kappa shape index (κ1) is 16.3. The van der Waals surface area contributed by atoms with Crippen molar-refractivity contribution in [2.45, 2.75) is 51.0 Å². The van der Waals surface area contributed by atoms with Crippen molar-refractivity contribution in [1.29, 1.82) is 0 Å². The van der Waals surface area contributed by atoms with Crippen LogP contribution in [0.2, 0.25) is 0 Å². The number of likely N-dealkylation sites (tertiary alicyclic amines) is 1. The molecule has 0 aliphatic carbocycles. The van der Waals surface area contributed by atoms with Crippen LogP contribution in [0.3, 0.4) is 0 Å². The van der Waals surface area contributed by atoms with Crippen LogP contribution in [0.25, 0.3) is 0 Å². The van der Waals surface area contributed by atoms with Crippen molar-refractivity contribution in [2.24, 2.45) is 0 Å². The van der Waals surface area contributed by atoms with Gasteiger partial charge in [-0.3, -0.25) is 4.79 Å². The van der Waals surface area contributed by atoms with Gasteiger partial charge in [0.2, 0.25) is 5.91 Å². The maximum atomic E-state index is 12.3. The normalized spacial score (nSPS) is 24.9. The Morgan fingerprint density at radius 3 is 2.91 bits per heavy atom. The minimum atomic E-state index is -0.0277. The van der Waals surface area contributed by atoms with Crippen molar-refractivity contribution in [3.8, 4) is 5.75 Å². The molecule has 23 heavy (non-hydrogen) atoms. The van der Waals surface area contributed by atoms with Crippen molar-refractivity contribution in [3.63, 3.8) is 0 Å². The maximum Gasteiger partial charge on any atom is 0.222 e. The topological polar surface area (TPSA) is 38.8 Å². The monoisotopic (exact) mass is 317 g/mol. The third kappa shape index (κ3) is 3.86. The molecule has 2 heterocycles. The zero-order valence-electron chi connectivity index (χ0n) is 14.1. The average molecular weight is 317 g/mol. The van der Waals surface area contributed by atoms with E-state index in [0.29, 0.717) is 19.6 Å². The summed E-state index contributed by atoms with van der Waals surface area (Å²) >= 11 is 0. The molecule has 126 valence electrons. The molecule has 4 heteroatoms. The number of ether oxygens (including phenoxy) is 2. The molecule has 1 aromatic carbocycles. The Bertz CT molecular complexity index is 537. The predicted molar refractivity (Wildman–Crippen MR) is 89.7 cm³/mol. The number of carbonyl (C=O) groups is 1. The van der Waals surface area contributed by atoms with E-state index in [4.69, 9.17) is 9.47 Å². The maximum absolute atomic E-state index is 12.3. The highest BCUT2D eigenvalue weighted by Gasteiger charge is 2.38. The number of benzene rings is 1. The van der Waals surface area contributed by atoms with Gasteiger partial charge in [-0.1, -0.05) is 25.1 Å². The summed E-state index contributed by atoms with van der Waals surface area (Å²) in [5, 5.41) is 0. The van der Waals surface area contributed by atoms with Crippen molar-refractivity contribution in [3.05, 3.63) is 29.8 Å². The Morgan fingerprint density at radius 2 is 2.13 bits per heavy atom. The molecule has 0 radical (unpaired) electrons. The van der Waals surface area contributed by atoms with Gasteiger partial charge in [-0.05, 0) is 43.7 Å². The molecule has 0 N–H and O–H groups in total. The Hall–Kier alpha value is -1.55. The second-order valence-electron chi connectivity index (χ2n) is 6.58. The largest absolute Gasteiger partial charge is 0.491 e. The van der Waals surface area contributed by atoms with E-state index in [2.05, 4.69) is 13.0 Å². The molecule has 2 fully saturated rings. The Balaban J connectivity index is 1.52. The number of aryl methyl sites for hydroxylation is 1. The number of nitrogens with zero attached hydrogens (tertiary/aromatic N) is 1. The van der Waals surface area contributed by atoms with Gasteiger partial charge in [0.05, 0.1) is 12.1 Å². The third-order valence-corrected chi connectivity index (χ3v) is 5.14. The molecule has 0 saturated carbocycles. The Morgan fingerprint density at radius 1 is 1.26 bits per heavy atom. The molecule has 0 bridgehead atoms. The highest BCUT2D eigenvalue weighted by atomic mass is 16.5. The van der Waals surface area contributed by atoms with Gasteiger partial charge in [0.15, 0.2) is 0 Å². The van der Waals surface area contributed by atoms with E-state index in [1.54, 1.807) is 0 Å². The van der Waals surface area contributed by atoms with Crippen LogP contribution in [0.4, 0.5) is 0 Å². The van der Waals surface area contributed by atoms with Crippen LogP contribution in [0.15, 0.2) is 24.3 Å². The molecule has 2 saturated heterocycles. The number of rotatable bonds is 5. The molecule has 1 aromatic rings. The van der Waals surface area contributed by atoms with Gasteiger partial charge in [0, 0.05) is 19.6 Å². The predicted octanol–water partition coefficient (Wildman–Crippen LogP) is 3.19. The molecular weight excluding hydrogens is 290 g/mol. The first-order chi connectivity index (χ1) is 11.2. The molecule has 2 aliphatic heterocycles. The van der Waals surface area contributed by atoms with Gasteiger partial charge in [-0.15, -0.1) is 0 Å². The van der Waals surface area contributed by atoms with E-state index in [0.717, 1.165) is 51.0 Å². The van der Waals surface area contributed by atoms with Crippen LogP contribution in [-0.2, 0) is 16.0 Å². The summed E-state index contributed by atoms with van der Waals surface area (Å²) in [6.45, 7) is 4.98. The van der Waals surface area contributed by atoms with Crippen LogP contribution >= 0.6 is 0 Å². The lowest BCUT2D eigenvalue weighted by Crippen LogP contribution is -2.35. The molecule has 0 unspecified atom stereocenters. The minimum Gasteiger partial charge on any atom is -0.491 e. The van der Waals surface area contributed by atoms with Crippen LogP contribution in [0.5, 0.6) is 5.75 Å². The molecule has 1 atom stereocenters. The fourth-order valence-corrected chi connectivity index (χ4v) is 3.67. The molecule has 3 rings (SSSR count). The summed E-state index contributed by atoms with van der Waals surface area (Å²) in [5.41, 5.74) is 1.19. The smallest absolute Gasteiger partial charge is 0.222 e. The zero-order valence-corrected chi connectivity index (χ0v) is 14.1. The van der Waals surface area contributed by atoms with Gasteiger partial charge in [-0.25, -0.2) is 0 Å². The zero-order chi connectivity index (χ0) is 16.1. The first-order valence-electron chi connectivity index (χ1n) is 8.85. The van der Waals surface area contributed by atoms with E-state index in [-0.39, 0.29) is 11.5 Å². The van der Waals surface area contributed by atoms with E-state index in [1.165, 1.54) is 5.56 Å². The SMILES string of the molecule is CCc1ccccc1OCCN1CC[C@]2(CCCO2)CCC1=O. The lowest BCUT2D eigenvalue weighted by atomic mass is 9.92. The highest BCUT2D eigenvalue weighted by Crippen LogP contribution is 2.35. The lowest BCUT2D eigenvalue weighted by molar-refractivity contribution is -0.131. The van der Waals surface area contributed by atoms with Gasteiger partial charge in [0.1, 0.15) is 12.4 Å². The highest BCUT2D eigenvalue weighted by molar-refractivity contribution is 5.76. The number of amides is 1. The summed E-state index contributed by atoms with van der Waals surface area (Å²) in [5.74, 6) is 1.18. The summed E-state index contributed by atoms with van der Waals surface area (Å²) in [6.07, 6.45) is 5.63. The van der Waals surface area contributed by atoms with E-state index >= 15 is 0 Å². The number of para-hydroxylation sites is 1. The molecule has 1 amide bonds. The van der Waals surface area contributed by atoms with E-state index in [9.17, 15) is 4.79 Å². The van der Waals surface area contributed by atoms with Gasteiger partial charge >= 0.3 is 0 Å². The van der Waals surface area contributed by atoms with Crippen LogP contribution < -0.4 is 4.74 Å². The van der Waals surface area contributed by atoms with Gasteiger partial charge in [0.25, 0.3) is 0 Å². The second kappa shape index (κ2) is 7.35. The molecule has 1 spiro atoms. The summed E-state index contributed by atoms with van der Waals surface area (Å²) in [7, 11) is 0. The van der Waals surface area contributed by atoms with Crippen LogP contribution in [-0.4, -0.2) is 42.7 Å². The Labute approximate surface area is 138 Å². The Kier molecular flexibility index (Phi) is 5.21. The lowest BCUT2D eigenvalue weighted by Gasteiger charge is -2.26. The summed E-state index contributed by atoms with van der Waals surface area (Å²) in [4.78, 5) is 14.3. The van der Waals surface area contributed by atoms with Crippen molar-refractivity contribution >= 4 is 5.91 Å². The fraction of sp³-hybridized carbons (Fsp3) is 0.632. The molecule has 0 aromatic heterocycles. The van der Waals surface area contributed by atoms with Crippen LogP contribution in [0, 0.1) is 0 Å². The van der Waals surface area contributed by atoms with E-state index in [1.807, 2.05) is 23.1 Å². The molecule has 2 aliphatic rings. The number of hydrogen-bond donors (Lipinski definition) is 0. The minimum absolute atomic E-state index is 0.0277. The van der Waals surface area contributed by atoms with Crippen molar-refractivity contribution < 1.29 is 14.3 Å². The second-order valence-corrected chi connectivity index (χ2v) is 6.58. The third-order valence-electron chi connectivity index (χ3n) is 5.14. The fourth-order valence-electron chi connectivity index (χ4n) is 3.67. The summed E-state index contributed by atoms with van der Waals surface area (Å²) < 4.78 is 11.9. The van der Waals surface area contributed by atoms with Crippen molar-refractivity contribution in [1.82, 2.24) is 4.90 Å². The summed E-state index contributed by atoms with van der Waals surface area (Å²) in [6, 6.07) is 8.12. The quantitative estimate of drug-likeness (QED) is 0.837. The van der Waals surface area contributed by atoms with Crippen LogP contribution in [0.1, 0.15) is 44.6 Å². The number of carbonyl (C=O) groups excluding carboxylic acids is 1. The first-order valence-corrected chi connectivity index (χ1v) is 8.85. The van der Waals surface area contributed by atoms with E-state index < -0.39 is 0 Å². The van der Waals surface area contributed by atoms with Gasteiger partial charge in [-0.2, -0.15) is 0 Å². The van der Waals surface area contributed by atoms with Crippen molar-refractivity contribution in [2.75, 3.05) is 26.3 Å². The van der Waals surface area contributed by atoms with Gasteiger partial charge < -0.3 is 14.4 Å². The molecule has 4 nitrogen and oxygen atoms in total. The standard InChI is InChI=1S/C19H27NO3/c1-2-16-6-3-4-7-17(16)22-15-13-20-12-11-19(9-5-14-23-19)10-8-18(20)21/h3-4,6-7H,2,5,8-15H2,1H3/t19-/m0/s1. The molecular formula is C19H27NO3.